The minimum atomic E-state index is -0.598. The number of hydrogen-bond acceptors (Lipinski definition) is 4. The lowest BCUT2D eigenvalue weighted by Crippen LogP contribution is -2.20. The quantitative estimate of drug-likeness (QED) is 0.884. The van der Waals surface area contributed by atoms with Crippen molar-refractivity contribution in [2.75, 3.05) is 6.79 Å². The molecular formula is C16H14N2O4. The molecule has 1 aliphatic heterocycles. The second-order valence-electron chi connectivity index (χ2n) is 4.92. The third-order valence-electron chi connectivity index (χ3n) is 3.52. The molecule has 6 nitrogen and oxygen atoms in total. The van der Waals surface area contributed by atoms with E-state index in [1.54, 1.807) is 24.3 Å². The average molecular weight is 298 g/mol. The topological polar surface area (TPSA) is 105 Å². The first-order chi connectivity index (χ1) is 10.6. The lowest BCUT2D eigenvalue weighted by atomic mass is 9.94. The van der Waals surface area contributed by atoms with Crippen molar-refractivity contribution in [3.05, 3.63) is 58.7 Å². The highest BCUT2D eigenvalue weighted by Gasteiger charge is 2.18. The number of nitrogens with two attached hydrogens (primary N) is 2. The lowest BCUT2D eigenvalue weighted by Gasteiger charge is -2.11. The van der Waals surface area contributed by atoms with Gasteiger partial charge in [-0.05, 0) is 41.8 Å². The smallest absolute Gasteiger partial charge is 0.249 e. The van der Waals surface area contributed by atoms with Gasteiger partial charge in [-0.25, -0.2) is 0 Å². The first-order valence-corrected chi connectivity index (χ1v) is 6.66. The zero-order chi connectivity index (χ0) is 15.7. The van der Waals surface area contributed by atoms with Crippen LogP contribution in [0, 0.1) is 0 Å². The van der Waals surface area contributed by atoms with Crippen molar-refractivity contribution in [2.24, 2.45) is 11.5 Å². The van der Waals surface area contributed by atoms with Gasteiger partial charge in [-0.15, -0.1) is 0 Å². The van der Waals surface area contributed by atoms with Gasteiger partial charge in [0.2, 0.25) is 18.6 Å². The molecule has 6 heteroatoms. The van der Waals surface area contributed by atoms with E-state index in [1.807, 2.05) is 12.1 Å². The van der Waals surface area contributed by atoms with Crippen LogP contribution in [-0.4, -0.2) is 18.6 Å². The maximum Gasteiger partial charge on any atom is 0.249 e. The van der Waals surface area contributed by atoms with Crippen molar-refractivity contribution >= 4 is 11.8 Å². The molecule has 0 radical (unpaired) electrons. The Morgan fingerprint density at radius 1 is 0.955 bits per heavy atom. The maximum absolute atomic E-state index is 11.6. The summed E-state index contributed by atoms with van der Waals surface area (Å²) in [6.07, 6.45) is 0.341. The Bertz CT molecular complexity index is 738. The predicted molar refractivity (Wildman–Crippen MR) is 78.8 cm³/mol. The number of rotatable bonds is 4. The maximum atomic E-state index is 11.6. The number of benzene rings is 2. The van der Waals surface area contributed by atoms with E-state index in [2.05, 4.69) is 0 Å². The van der Waals surface area contributed by atoms with E-state index >= 15 is 0 Å². The molecule has 3 rings (SSSR count). The molecule has 4 N–H and O–H groups in total. The number of primary amides is 2. The lowest BCUT2D eigenvalue weighted by molar-refractivity contribution is 0.0999. The van der Waals surface area contributed by atoms with Gasteiger partial charge in [-0.2, -0.15) is 0 Å². The molecule has 22 heavy (non-hydrogen) atoms. The van der Waals surface area contributed by atoms with Gasteiger partial charge in [0.05, 0.1) is 0 Å². The van der Waals surface area contributed by atoms with Gasteiger partial charge in [0.15, 0.2) is 11.5 Å². The SMILES string of the molecule is NC(=O)c1cccc(C(N)=O)c1Cc1ccc2c(c1)OCO2. The minimum Gasteiger partial charge on any atom is -0.454 e. The van der Waals surface area contributed by atoms with Gasteiger partial charge < -0.3 is 20.9 Å². The van der Waals surface area contributed by atoms with Crippen LogP contribution in [0.4, 0.5) is 0 Å². The summed E-state index contributed by atoms with van der Waals surface area (Å²) in [5.74, 6) is 0.106. The molecule has 1 aliphatic rings. The Balaban J connectivity index is 2.04. The van der Waals surface area contributed by atoms with Crippen LogP contribution < -0.4 is 20.9 Å². The van der Waals surface area contributed by atoms with Gasteiger partial charge in [-0.1, -0.05) is 12.1 Å². The van der Waals surface area contributed by atoms with Crippen LogP contribution in [0.25, 0.3) is 0 Å². The summed E-state index contributed by atoms with van der Waals surface area (Å²) in [5.41, 5.74) is 12.7. The van der Waals surface area contributed by atoms with Crippen LogP contribution in [0.1, 0.15) is 31.8 Å². The second kappa shape index (κ2) is 5.40. The fourth-order valence-corrected chi connectivity index (χ4v) is 2.49. The van der Waals surface area contributed by atoms with Crippen molar-refractivity contribution in [3.63, 3.8) is 0 Å². The highest BCUT2D eigenvalue weighted by atomic mass is 16.7. The zero-order valence-corrected chi connectivity index (χ0v) is 11.7. The number of fused-ring (bicyclic) bond motifs is 1. The summed E-state index contributed by atoms with van der Waals surface area (Å²) in [7, 11) is 0. The van der Waals surface area contributed by atoms with Crippen molar-refractivity contribution in [3.8, 4) is 11.5 Å². The molecule has 0 saturated heterocycles. The van der Waals surface area contributed by atoms with Gasteiger partial charge in [0.25, 0.3) is 0 Å². The molecule has 0 atom stereocenters. The third kappa shape index (κ3) is 2.46. The van der Waals surface area contributed by atoms with E-state index in [0.29, 0.717) is 23.5 Å². The molecule has 0 spiro atoms. The molecule has 1 heterocycles. The molecule has 0 bridgehead atoms. The van der Waals surface area contributed by atoms with E-state index in [9.17, 15) is 9.59 Å². The summed E-state index contributed by atoms with van der Waals surface area (Å²) in [6, 6.07) is 10.2. The number of amides is 2. The van der Waals surface area contributed by atoms with Crippen molar-refractivity contribution < 1.29 is 19.1 Å². The largest absolute Gasteiger partial charge is 0.454 e. The Morgan fingerprint density at radius 2 is 1.59 bits per heavy atom. The Labute approximate surface area is 126 Å². The first-order valence-electron chi connectivity index (χ1n) is 6.66. The highest BCUT2D eigenvalue weighted by Crippen LogP contribution is 2.33. The number of hydrogen-bond donors (Lipinski definition) is 2. The van der Waals surface area contributed by atoms with Crippen molar-refractivity contribution in [1.29, 1.82) is 0 Å². The third-order valence-corrected chi connectivity index (χ3v) is 3.52. The predicted octanol–water partition coefficient (Wildman–Crippen LogP) is 1.20. The summed E-state index contributed by atoms with van der Waals surface area (Å²) >= 11 is 0. The van der Waals surface area contributed by atoms with E-state index in [0.717, 1.165) is 5.56 Å². The van der Waals surface area contributed by atoms with Gasteiger partial charge in [0.1, 0.15) is 0 Å². The standard InChI is InChI=1S/C16H14N2O4/c17-15(19)10-2-1-3-11(16(18)20)12(10)6-9-4-5-13-14(7-9)22-8-21-13/h1-5,7H,6,8H2,(H2,17,19)(H2,18,20). The molecule has 112 valence electrons. The van der Waals surface area contributed by atoms with Crippen LogP contribution in [-0.2, 0) is 6.42 Å². The molecule has 0 aromatic heterocycles. The van der Waals surface area contributed by atoms with Crippen LogP contribution in [0.5, 0.6) is 11.5 Å². The van der Waals surface area contributed by atoms with E-state index in [1.165, 1.54) is 0 Å². The van der Waals surface area contributed by atoms with Gasteiger partial charge in [-0.3, -0.25) is 9.59 Å². The fraction of sp³-hybridized carbons (Fsp3) is 0.125. The summed E-state index contributed by atoms with van der Waals surface area (Å²) < 4.78 is 10.6. The van der Waals surface area contributed by atoms with Crippen molar-refractivity contribution in [2.45, 2.75) is 6.42 Å². The Morgan fingerprint density at radius 3 is 2.23 bits per heavy atom. The molecule has 0 unspecified atom stereocenters. The second-order valence-corrected chi connectivity index (χ2v) is 4.92. The molecule has 2 aromatic rings. The molecule has 0 fully saturated rings. The van der Waals surface area contributed by atoms with Gasteiger partial charge in [0, 0.05) is 11.1 Å². The summed E-state index contributed by atoms with van der Waals surface area (Å²) in [6.45, 7) is 0.184. The number of ether oxygens (including phenoxy) is 2. The zero-order valence-electron chi connectivity index (χ0n) is 11.7. The van der Waals surface area contributed by atoms with Crippen LogP contribution in [0.15, 0.2) is 36.4 Å². The summed E-state index contributed by atoms with van der Waals surface area (Å²) in [4.78, 5) is 23.2. The monoisotopic (exact) mass is 298 g/mol. The molecule has 2 aromatic carbocycles. The summed E-state index contributed by atoms with van der Waals surface area (Å²) in [5, 5.41) is 0. The van der Waals surface area contributed by atoms with E-state index in [4.69, 9.17) is 20.9 Å². The molecule has 0 aliphatic carbocycles. The minimum absolute atomic E-state index is 0.184. The molecular weight excluding hydrogens is 284 g/mol. The number of carbonyl (C=O) groups excluding carboxylic acids is 2. The normalized spacial score (nSPS) is 12.2. The average Bonchev–Trinajstić information content (AvgIpc) is 2.94. The molecule has 0 saturated carbocycles. The Hall–Kier alpha value is -3.02. The fourth-order valence-electron chi connectivity index (χ4n) is 2.49. The van der Waals surface area contributed by atoms with Crippen LogP contribution in [0.2, 0.25) is 0 Å². The van der Waals surface area contributed by atoms with Crippen molar-refractivity contribution in [1.82, 2.24) is 0 Å². The Kier molecular flexibility index (Phi) is 3.42. The highest BCUT2D eigenvalue weighted by molar-refractivity contribution is 6.01. The first kappa shape index (κ1) is 13.9. The van der Waals surface area contributed by atoms with Crippen LogP contribution in [0.3, 0.4) is 0 Å². The molecule has 2 amide bonds. The van der Waals surface area contributed by atoms with Crippen LogP contribution >= 0.6 is 0 Å². The number of carbonyl (C=O) groups is 2. The van der Waals surface area contributed by atoms with E-state index in [-0.39, 0.29) is 17.9 Å². The van der Waals surface area contributed by atoms with E-state index < -0.39 is 11.8 Å². The van der Waals surface area contributed by atoms with Gasteiger partial charge >= 0.3 is 0 Å².